The SMILES string of the molecule is CC(C)(C)OC(=O)N[C@H](C(=O)Nc1ccc(C(=O)NS(=O)(=O)C2CC2)cc1)c1ccccc1. The number of carbonyl (C=O) groups is 3. The molecule has 10 heteroatoms. The quantitative estimate of drug-likeness (QED) is 0.566. The van der Waals surface area contributed by atoms with Crippen LogP contribution in [-0.4, -0.2) is 37.2 Å². The van der Waals surface area contributed by atoms with E-state index in [2.05, 4.69) is 15.4 Å². The lowest BCUT2D eigenvalue weighted by Crippen LogP contribution is -2.40. The van der Waals surface area contributed by atoms with Crippen LogP contribution in [0.2, 0.25) is 0 Å². The predicted octanol–water partition coefficient (Wildman–Crippen LogP) is 3.11. The lowest BCUT2D eigenvalue weighted by atomic mass is 10.1. The maximum atomic E-state index is 13.0. The molecule has 1 atom stereocenters. The van der Waals surface area contributed by atoms with E-state index in [0.29, 0.717) is 24.1 Å². The molecule has 0 unspecified atom stereocenters. The summed E-state index contributed by atoms with van der Waals surface area (Å²) in [7, 11) is -3.65. The van der Waals surface area contributed by atoms with Crippen LogP contribution < -0.4 is 15.4 Å². The van der Waals surface area contributed by atoms with E-state index in [1.165, 1.54) is 24.3 Å². The first-order valence-corrected chi connectivity index (χ1v) is 12.0. The molecule has 9 nitrogen and oxygen atoms in total. The van der Waals surface area contributed by atoms with Crippen LogP contribution in [-0.2, 0) is 19.6 Å². The van der Waals surface area contributed by atoms with Gasteiger partial charge in [0.15, 0.2) is 0 Å². The molecule has 2 aromatic rings. The topological polar surface area (TPSA) is 131 Å². The van der Waals surface area contributed by atoms with Gasteiger partial charge in [0.1, 0.15) is 11.6 Å². The molecule has 3 amide bonds. The highest BCUT2D eigenvalue weighted by molar-refractivity contribution is 7.91. The van der Waals surface area contributed by atoms with Gasteiger partial charge >= 0.3 is 6.09 Å². The van der Waals surface area contributed by atoms with Gasteiger partial charge in [0, 0.05) is 11.3 Å². The van der Waals surface area contributed by atoms with Crippen molar-refractivity contribution < 1.29 is 27.5 Å². The second-order valence-electron chi connectivity index (χ2n) is 8.73. The number of carbonyl (C=O) groups excluding carboxylic acids is 3. The molecule has 0 aliphatic heterocycles. The number of hydrogen-bond donors (Lipinski definition) is 3. The van der Waals surface area contributed by atoms with E-state index in [9.17, 15) is 22.8 Å². The molecule has 1 fully saturated rings. The minimum Gasteiger partial charge on any atom is -0.444 e. The molecule has 0 bridgehead atoms. The van der Waals surface area contributed by atoms with Crippen molar-refractivity contribution in [3.05, 3.63) is 65.7 Å². The van der Waals surface area contributed by atoms with Crippen LogP contribution in [0.3, 0.4) is 0 Å². The lowest BCUT2D eigenvalue weighted by molar-refractivity contribution is -0.118. The number of rotatable bonds is 7. The molecule has 0 spiro atoms. The summed E-state index contributed by atoms with van der Waals surface area (Å²) < 4.78 is 31.2. The number of benzene rings is 2. The summed E-state index contributed by atoms with van der Waals surface area (Å²) >= 11 is 0. The van der Waals surface area contributed by atoms with Crippen molar-refractivity contribution in [1.82, 2.24) is 10.0 Å². The Kier molecular flexibility index (Phi) is 7.06. The molecule has 176 valence electrons. The monoisotopic (exact) mass is 473 g/mol. The Morgan fingerprint density at radius 3 is 2.12 bits per heavy atom. The fraction of sp³-hybridized carbons (Fsp3) is 0.348. The van der Waals surface area contributed by atoms with Crippen molar-refractivity contribution in [2.24, 2.45) is 0 Å². The molecule has 1 aliphatic rings. The minimum atomic E-state index is -3.65. The van der Waals surface area contributed by atoms with Gasteiger partial charge in [0.25, 0.3) is 11.8 Å². The van der Waals surface area contributed by atoms with Crippen molar-refractivity contribution in [3.63, 3.8) is 0 Å². The van der Waals surface area contributed by atoms with Crippen LogP contribution in [0, 0.1) is 0 Å². The van der Waals surface area contributed by atoms with E-state index in [0.717, 1.165) is 0 Å². The van der Waals surface area contributed by atoms with Crippen LogP contribution >= 0.6 is 0 Å². The van der Waals surface area contributed by atoms with Crippen LogP contribution in [0.5, 0.6) is 0 Å². The number of ether oxygens (including phenoxy) is 1. The van der Waals surface area contributed by atoms with Gasteiger partial charge < -0.3 is 15.4 Å². The summed E-state index contributed by atoms with van der Waals surface area (Å²) in [6.07, 6.45) is 0.358. The Morgan fingerprint density at radius 1 is 0.970 bits per heavy atom. The molecule has 1 aliphatic carbocycles. The van der Waals surface area contributed by atoms with Crippen LogP contribution in [0.15, 0.2) is 54.6 Å². The minimum absolute atomic E-state index is 0.142. The largest absolute Gasteiger partial charge is 0.444 e. The average Bonchev–Trinajstić information content (AvgIpc) is 3.57. The Hall–Kier alpha value is -3.40. The maximum absolute atomic E-state index is 13.0. The Morgan fingerprint density at radius 2 is 1.58 bits per heavy atom. The van der Waals surface area contributed by atoms with Crippen LogP contribution in [0.1, 0.15) is 55.6 Å². The molecule has 2 aromatic carbocycles. The summed E-state index contributed by atoms with van der Waals surface area (Å²) in [5.41, 5.74) is 0.338. The zero-order valence-corrected chi connectivity index (χ0v) is 19.4. The third kappa shape index (κ3) is 7.04. The normalized spacial score (nSPS) is 14.6. The summed E-state index contributed by atoms with van der Waals surface area (Å²) in [5.74, 6) is -1.24. The summed E-state index contributed by atoms with van der Waals surface area (Å²) in [5, 5.41) is 4.76. The fourth-order valence-corrected chi connectivity index (χ4v) is 4.24. The van der Waals surface area contributed by atoms with Crippen molar-refractivity contribution in [2.75, 3.05) is 5.32 Å². The van der Waals surface area contributed by atoms with Crippen LogP contribution in [0.25, 0.3) is 0 Å². The Bertz CT molecular complexity index is 1120. The fourth-order valence-electron chi connectivity index (χ4n) is 2.94. The first kappa shape index (κ1) is 24.2. The number of hydrogen-bond acceptors (Lipinski definition) is 6. The molecule has 1 saturated carbocycles. The molecule has 0 aromatic heterocycles. The highest BCUT2D eigenvalue weighted by Crippen LogP contribution is 2.27. The Balaban J connectivity index is 1.69. The van der Waals surface area contributed by atoms with E-state index >= 15 is 0 Å². The first-order chi connectivity index (χ1) is 15.4. The van der Waals surface area contributed by atoms with Gasteiger partial charge in [-0.05, 0) is 63.4 Å². The molecular formula is C23H27N3O6S. The van der Waals surface area contributed by atoms with Gasteiger partial charge in [-0.15, -0.1) is 0 Å². The maximum Gasteiger partial charge on any atom is 0.408 e. The molecule has 0 heterocycles. The van der Waals surface area contributed by atoms with E-state index in [4.69, 9.17) is 4.74 Å². The standard InChI is InChI=1S/C23H27N3O6S/c1-23(2,3)32-22(29)25-19(15-7-5-4-6-8-15)21(28)24-17-11-9-16(10-12-17)20(27)26-33(30,31)18-13-14-18/h4-12,18-19H,13-14H2,1-3H3,(H,24,28)(H,25,29)(H,26,27)/t19-/m0/s1. The van der Waals surface area contributed by atoms with Gasteiger partial charge in [-0.1, -0.05) is 30.3 Å². The molecular weight excluding hydrogens is 446 g/mol. The van der Waals surface area contributed by atoms with E-state index in [1.54, 1.807) is 51.1 Å². The second kappa shape index (κ2) is 9.62. The van der Waals surface area contributed by atoms with Crippen LogP contribution in [0.4, 0.5) is 10.5 Å². The van der Waals surface area contributed by atoms with E-state index in [-0.39, 0.29) is 5.56 Å². The lowest BCUT2D eigenvalue weighted by Gasteiger charge is -2.23. The highest BCUT2D eigenvalue weighted by Gasteiger charge is 2.37. The smallest absolute Gasteiger partial charge is 0.408 e. The third-order valence-corrected chi connectivity index (χ3v) is 6.49. The molecule has 33 heavy (non-hydrogen) atoms. The summed E-state index contributed by atoms with van der Waals surface area (Å²) in [6.45, 7) is 5.16. The van der Waals surface area contributed by atoms with Crippen molar-refractivity contribution >= 4 is 33.6 Å². The van der Waals surface area contributed by atoms with Gasteiger partial charge in [-0.2, -0.15) is 0 Å². The molecule has 3 N–H and O–H groups in total. The van der Waals surface area contributed by atoms with E-state index in [1.807, 2.05) is 0 Å². The van der Waals surface area contributed by atoms with Gasteiger partial charge in [-0.25, -0.2) is 17.9 Å². The number of sulfonamides is 1. The average molecular weight is 474 g/mol. The molecule has 3 rings (SSSR count). The van der Waals surface area contributed by atoms with E-state index < -0.39 is 44.8 Å². The van der Waals surface area contributed by atoms with Gasteiger partial charge in [0.05, 0.1) is 5.25 Å². The number of anilines is 1. The van der Waals surface area contributed by atoms with Gasteiger partial charge in [0.2, 0.25) is 10.0 Å². The van der Waals surface area contributed by atoms with Gasteiger partial charge in [-0.3, -0.25) is 9.59 Å². The Labute approximate surface area is 193 Å². The zero-order chi connectivity index (χ0) is 24.2. The number of amides is 3. The zero-order valence-electron chi connectivity index (χ0n) is 18.6. The molecule has 0 saturated heterocycles. The second-order valence-corrected chi connectivity index (χ2v) is 10.7. The summed E-state index contributed by atoms with van der Waals surface area (Å²) in [4.78, 5) is 37.5. The first-order valence-electron chi connectivity index (χ1n) is 10.5. The third-order valence-electron chi connectivity index (χ3n) is 4.67. The molecule has 0 radical (unpaired) electrons. The highest BCUT2D eigenvalue weighted by atomic mass is 32.2. The van der Waals surface area contributed by atoms with Crippen molar-refractivity contribution in [1.29, 1.82) is 0 Å². The number of nitrogens with one attached hydrogen (secondary N) is 3. The summed E-state index contributed by atoms with van der Waals surface area (Å²) in [6, 6.07) is 13.4. The van der Waals surface area contributed by atoms with Crippen molar-refractivity contribution in [2.45, 2.75) is 50.5 Å². The predicted molar refractivity (Wildman–Crippen MR) is 123 cm³/mol. The number of alkyl carbamates (subject to hydrolysis) is 1. The van der Waals surface area contributed by atoms with Crippen molar-refractivity contribution in [3.8, 4) is 0 Å².